The monoisotopic (exact) mass is 296 g/mol. The number of sulfonamides is 1. The molecule has 1 saturated carbocycles. The molecule has 5 heteroatoms. The highest BCUT2D eigenvalue weighted by Gasteiger charge is 2.21. The maximum absolute atomic E-state index is 12.2. The fourth-order valence-corrected chi connectivity index (χ4v) is 3.22. The standard InChI is InChI=1S/C15H24N2O2S/c1-13-4-6-14(7-5-13)12-17(2)20(18,19)11-3-10-16-15-8-9-15/h4-7,15-16H,3,8-12H2,1-2H3. The Hall–Kier alpha value is -0.910. The average Bonchev–Trinajstić information content (AvgIpc) is 3.21. The summed E-state index contributed by atoms with van der Waals surface area (Å²) in [5.74, 6) is 0.217. The summed E-state index contributed by atoms with van der Waals surface area (Å²) in [7, 11) is -1.50. The van der Waals surface area contributed by atoms with Crippen LogP contribution in [-0.2, 0) is 16.6 Å². The minimum Gasteiger partial charge on any atom is -0.314 e. The van der Waals surface area contributed by atoms with Crippen LogP contribution in [0.15, 0.2) is 24.3 Å². The molecule has 4 nitrogen and oxygen atoms in total. The molecule has 0 heterocycles. The lowest BCUT2D eigenvalue weighted by Crippen LogP contribution is -2.30. The molecule has 20 heavy (non-hydrogen) atoms. The predicted molar refractivity (Wildman–Crippen MR) is 82.1 cm³/mol. The van der Waals surface area contributed by atoms with E-state index in [-0.39, 0.29) is 5.75 Å². The van der Waals surface area contributed by atoms with E-state index < -0.39 is 10.0 Å². The van der Waals surface area contributed by atoms with E-state index in [0.717, 1.165) is 12.1 Å². The minimum absolute atomic E-state index is 0.217. The molecule has 1 aliphatic carbocycles. The zero-order chi connectivity index (χ0) is 14.6. The van der Waals surface area contributed by atoms with Crippen molar-refractivity contribution in [1.29, 1.82) is 0 Å². The van der Waals surface area contributed by atoms with Crippen molar-refractivity contribution >= 4 is 10.0 Å². The second-order valence-corrected chi connectivity index (χ2v) is 7.84. The SMILES string of the molecule is Cc1ccc(CN(C)S(=O)(=O)CCCNC2CC2)cc1. The van der Waals surface area contributed by atoms with Gasteiger partial charge < -0.3 is 5.32 Å². The Bertz CT molecular complexity index is 521. The first-order valence-electron chi connectivity index (χ1n) is 7.20. The van der Waals surface area contributed by atoms with Crippen molar-refractivity contribution in [1.82, 2.24) is 9.62 Å². The van der Waals surface area contributed by atoms with Gasteiger partial charge >= 0.3 is 0 Å². The van der Waals surface area contributed by atoms with Crippen LogP contribution >= 0.6 is 0 Å². The minimum atomic E-state index is -3.15. The molecule has 1 aliphatic rings. The van der Waals surface area contributed by atoms with Crippen LogP contribution in [0.5, 0.6) is 0 Å². The van der Waals surface area contributed by atoms with Crippen LogP contribution in [-0.4, -0.2) is 38.1 Å². The molecule has 0 atom stereocenters. The summed E-state index contributed by atoms with van der Waals surface area (Å²) < 4.78 is 25.8. The van der Waals surface area contributed by atoms with Crippen molar-refractivity contribution in [3.63, 3.8) is 0 Å². The number of aryl methyl sites for hydroxylation is 1. The van der Waals surface area contributed by atoms with Gasteiger partial charge in [0.05, 0.1) is 5.75 Å². The molecular weight excluding hydrogens is 272 g/mol. The van der Waals surface area contributed by atoms with Crippen molar-refractivity contribution in [2.75, 3.05) is 19.3 Å². The topological polar surface area (TPSA) is 49.4 Å². The predicted octanol–water partition coefficient (Wildman–Crippen LogP) is 1.90. The van der Waals surface area contributed by atoms with Gasteiger partial charge in [-0.1, -0.05) is 29.8 Å². The third-order valence-corrected chi connectivity index (χ3v) is 5.47. The first-order chi connectivity index (χ1) is 9.47. The van der Waals surface area contributed by atoms with Gasteiger partial charge in [-0.15, -0.1) is 0 Å². The second kappa shape index (κ2) is 6.70. The Labute approximate surface area is 122 Å². The molecule has 0 bridgehead atoms. The molecule has 2 rings (SSSR count). The largest absolute Gasteiger partial charge is 0.314 e. The molecular formula is C15H24N2O2S. The summed E-state index contributed by atoms with van der Waals surface area (Å²) in [4.78, 5) is 0. The van der Waals surface area contributed by atoms with E-state index in [1.54, 1.807) is 7.05 Å². The lowest BCUT2D eigenvalue weighted by atomic mass is 10.1. The average molecular weight is 296 g/mol. The highest BCUT2D eigenvalue weighted by Crippen LogP contribution is 2.18. The van der Waals surface area contributed by atoms with Crippen molar-refractivity contribution in [2.45, 2.75) is 38.8 Å². The fraction of sp³-hybridized carbons (Fsp3) is 0.600. The Kier molecular flexibility index (Phi) is 5.18. The third-order valence-electron chi connectivity index (χ3n) is 3.59. The second-order valence-electron chi connectivity index (χ2n) is 5.64. The highest BCUT2D eigenvalue weighted by atomic mass is 32.2. The van der Waals surface area contributed by atoms with Crippen molar-refractivity contribution in [3.05, 3.63) is 35.4 Å². The van der Waals surface area contributed by atoms with Gasteiger partial charge in [-0.2, -0.15) is 0 Å². The molecule has 0 amide bonds. The molecule has 112 valence electrons. The van der Waals surface area contributed by atoms with Crippen LogP contribution in [0.2, 0.25) is 0 Å². The number of benzene rings is 1. The number of nitrogens with one attached hydrogen (secondary N) is 1. The summed E-state index contributed by atoms with van der Waals surface area (Å²) in [6.45, 7) is 3.26. The summed E-state index contributed by atoms with van der Waals surface area (Å²) in [6, 6.07) is 8.62. The van der Waals surface area contributed by atoms with Gasteiger partial charge in [0.25, 0.3) is 0 Å². The van der Waals surface area contributed by atoms with Crippen LogP contribution in [0.25, 0.3) is 0 Å². The lowest BCUT2D eigenvalue weighted by Gasteiger charge is -2.17. The van der Waals surface area contributed by atoms with Gasteiger partial charge in [0, 0.05) is 19.6 Å². The molecule has 1 N–H and O–H groups in total. The number of nitrogens with zero attached hydrogens (tertiary/aromatic N) is 1. The van der Waals surface area contributed by atoms with Crippen LogP contribution in [0.3, 0.4) is 0 Å². The molecule has 0 radical (unpaired) electrons. The summed E-state index contributed by atoms with van der Waals surface area (Å²) in [6.07, 6.45) is 3.15. The van der Waals surface area contributed by atoms with Crippen LogP contribution in [0.4, 0.5) is 0 Å². The van der Waals surface area contributed by atoms with Gasteiger partial charge in [-0.05, 0) is 38.3 Å². The molecule has 0 aliphatic heterocycles. The molecule has 0 spiro atoms. The summed E-state index contributed by atoms with van der Waals surface area (Å²) in [5.41, 5.74) is 2.21. The van der Waals surface area contributed by atoms with E-state index >= 15 is 0 Å². The zero-order valence-corrected chi connectivity index (χ0v) is 13.1. The number of rotatable bonds is 8. The quantitative estimate of drug-likeness (QED) is 0.745. The van der Waals surface area contributed by atoms with Crippen LogP contribution in [0.1, 0.15) is 30.4 Å². The first-order valence-corrected chi connectivity index (χ1v) is 8.81. The maximum Gasteiger partial charge on any atom is 0.214 e. The normalized spacial score (nSPS) is 15.8. The Morgan fingerprint density at radius 1 is 1.25 bits per heavy atom. The van der Waals surface area contributed by atoms with E-state index in [9.17, 15) is 8.42 Å². The zero-order valence-electron chi connectivity index (χ0n) is 12.3. The molecule has 0 saturated heterocycles. The van der Waals surface area contributed by atoms with Gasteiger partial charge in [0.2, 0.25) is 10.0 Å². The van der Waals surface area contributed by atoms with Crippen LogP contribution < -0.4 is 5.32 Å². The number of hydrogen-bond donors (Lipinski definition) is 1. The van der Waals surface area contributed by atoms with E-state index in [1.165, 1.54) is 22.7 Å². The molecule has 1 fully saturated rings. The smallest absolute Gasteiger partial charge is 0.214 e. The maximum atomic E-state index is 12.2. The third kappa shape index (κ3) is 4.89. The van der Waals surface area contributed by atoms with Gasteiger partial charge in [0.15, 0.2) is 0 Å². The van der Waals surface area contributed by atoms with Crippen molar-refractivity contribution < 1.29 is 8.42 Å². The first kappa shape index (κ1) is 15.5. The molecule has 1 aromatic carbocycles. The Morgan fingerprint density at radius 3 is 2.50 bits per heavy atom. The van der Waals surface area contributed by atoms with E-state index in [2.05, 4.69) is 5.32 Å². The molecule has 1 aromatic rings. The van der Waals surface area contributed by atoms with Gasteiger partial charge in [0.1, 0.15) is 0 Å². The van der Waals surface area contributed by atoms with Crippen molar-refractivity contribution in [2.24, 2.45) is 0 Å². The van der Waals surface area contributed by atoms with Gasteiger partial charge in [-0.3, -0.25) is 0 Å². The van der Waals surface area contributed by atoms with Crippen molar-refractivity contribution in [3.8, 4) is 0 Å². The Balaban J connectivity index is 1.79. The highest BCUT2D eigenvalue weighted by molar-refractivity contribution is 7.89. The molecule has 0 unspecified atom stereocenters. The van der Waals surface area contributed by atoms with Gasteiger partial charge in [-0.25, -0.2) is 12.7 Å². The molecule has 0 aromatic heterocycles. The van der Waals surface area contributed by atoms with E-state index in [0.29, 0.717) is 19.0 Å². The Morgan fingerprint density at radius 2 is 1.90 bits per heavy atom. The van der Waals surface area contributed by atoms with E-state index in [4.69, 9.17) is 0 Å². The lowest BCUT2D eigenvalue weighted by molar-refractivity contribution is 0.464. The van der Waals surface area contributed by atoms with Crippen LogP contribution in [0, 0.1) is 6.92 Å². The summed E-state index contributed by atoms with van der Waals surface area (Å²) in [5, 5.41) is 3.34. The fourth-order valence-electron chi connectivity index (χ4n) is 2.05. The van der Waals surface area contributed by atoms with E-state index in [1.807, 2.05) is 31.2 Å². The number of hydrogen-bond acceptors (Lipinski definition) is 3. The summed E-state index contributed by atoms with van der Waals surface area (Å²) >= 11 is 0.